The summed E-state index contributed by atoms with van der Waals surface area (Å²) in [4.78, 5) is 22.8. The molecule has 0 saturated heterocycles. The summed E-state index contributed by atoms with van der Waals surface area (Å²) in [5.41, 5.74) is 3.94. The summed E-state index contributed by atoms with van der Waals surface area (Å²) in [7, 11) is 2.83. The predicted octanol–water partition coefficient (Wildman–Crippen LogP) is 7.38. The molecule has 0 saturated carbocycles. The molecule has 0 spiro atoms. The van der Waals surface area contributed by atoms with Crippen molar-refractivity contribution in [1.82, 2.24) is 0 Å². The molecular formula is C36H40O6. The van der Waals surface area contributed by atoms with Gasteiger partial charge in [0.25, 0.3) is 0 Å². The number of esters is 2. The molecule has 0 aliphatic carbocycles. The van der Waals surface area contributed by atoms with Crippen molar-refractivity contribution in [2.75, 3.05) is 14.2 Å². The lowest BCUT2D eigenvalue weighted by atomic mass is 9.86. The van der Waals surface area contributed by atoms with Crippen LogP contribution in [0.15, 0.2) is 109 Å². The van der Waals surface area contributed by atoms with E-state index in [0.29, 0.717) is 32.5 Å². The van der Waals surface area contributed by atoms with Gasteiger partial charge in [0.05, 0.1) is 19.6 Å². The van der Waals surface area contributed by atoms with E-state index in [0.717, 1.165) is 33.8 Å². The Balaban J connectivity index is 0.000000231. The maximum atomic E-state index is 11.7. The van der Waals surface area contributed by atoms with Crippen molar-refractivity contribution < 1.29 is 28.5 Å². The fourth-order valence-corrected chi connectivity index (χ4v) is 4.14. The first-order valence-electron chi connectivity index (χ1n) is 14.0. The van der Waals surface area contributed by atoms with E-state index in [1.807, 2.05) is 123 Å². The highest BCUT2D eigenvalue weighted by molar-refractivity contribution is 5.76. The molecule has 0 fully saturated rings. The molecule has 4 rings (SSSR count). The number of methoxy groups -OCH3 is 2. The Morgan fingerprint density at radius 3 is 1.45 bits per heavy atom. The minimum Gasteiger partial charge on any atom is -0.489 e. The van der Waals surface area contributed by atoms with Gasteiger partial charge in [-0.3, -0.25) is 9.59 Å². The van der Waals surface area contributed by atoms with Gasteiger partial charge in [-0.05, 0) is 73.2 Å². The van der Waals surface area contributed by atoms with E-state index in [1.165, 1.54) is 14.2 Å². The lowest BCUT2D eigenvalue weighted by Gasteiger charge is -2.21. The molecule has 0 bridgehead atoms. The van der Waals surface area contributed by atoms with Crippen molar-refractivity contribution in [2.24, 2.45) is 5.41 Å². The van der Waals surface area contributed by atoms with Crippen LogP contribution < -0.4 is 9.47 Å². The van der Waals surface area contributed by atoms with Gasteiger partial charge >= 0.3 is 11.9 Å². The average Bonchev–Trinajstić information content (AvgIpc) is 3.03. The molecule has 4 aromatic carbocycles. The first-order valence-corrected chi connectivity index (χ1v) is 14.0. The Morgan fingerprint density at radius 1 is 0.571 bits per heavy atom. The van der Waals surface area contributed by atoms with Gasteiger partial charge in [0.15, 0.2) is 0 Å². The SMILES string of the molecule is COC(=O)C(C)(C)Cc1ccc(OCc2ccccc2)cc1.COC(=O)CCc1ccc(OCc2ccccc2)cc1. The molecule has 0 aliphatic heterocycles. The molecule has 0 amide bonds. The number of carbonyl (C=O) groups is 2. The summed E-state index contributed by atoms with van der Waals surface area (Å²) >= 11 is 0. The highest BCUT2D eigenvalue weighted by Crippen LogP contribution is 2.25. The van der Waals surface area contributed by atoms with Crippen LogP contribution in [-0.2, 0) is 45.1 Å². The second kappa shape index (κ2) is 16.6. The summed E-state index contributed by atoms with van der Waals surface area (Å²) in [6, 6.07) is 35.7. The normalized spacial score (nSPS) is 10.6. The Hall–Kier alpha value is -4.58. The molecule has 220 valence electrons. The van der Waals surface area contributed by atoms with E-state index >= 15 is 0 Å². The fraction of sp³-hybridized carbons (Fsp3) is 0.278. The van der Waals surface area contributed by atoms with Crippen LogP contribution in [0.2, 0.25) is 0 Å². The number of benzene rings is 4. The molecule has 0 aliphatic rings. The highest BCUT2D eigenvalue weighted by Gasteiger charge is 2.28. The molecule has 42 heavy (non-hydrogen) atoms. The Kier molecular flexibility index (Phi) is 12.6. The zero-order valence-corrected chi connectivity index (χ0v) is 24.9. The van der Waals surface area contributed by atoms with Crippen LogP contribution in [0.4, 0.5) is 0 Å². The number of hydrogen-bond acceptors (Lipinski definition) is 6. The summed E-state index contributed by atoms with van der Waals surface area (Å²) < 4.78 is 20.9. The van der Waals surface area contributed by atoms with Crippen molar-refractivity contribution in [2.45, 2.75) is 46.3 Å². The van der Waals surface area contributed by atoms with Crippen LogP contribution in [0.3, 0.4) is 0 Å². The van der Waals surface area contributed by atoms with Crippen LogP contribution in [0.25, 0.3) is 0 Å². The van der Waals surface area contributed by atoms with Crippen molar-refractivity contribution in [1.29, 1.82) is 0 Å². The smallest absolute Gasteiger partial charge is 0.311 e. The van der Waals surface area contributed by atoms with Crippen molar-refractivity contribution in [3.8, 4) is 11.5 Å². The summed E-state index contributed by atoms with van der Waals surface area (Å²) in [5, 5.41) is 0. The number of ether oxygens (including phenoxy) is 4. The maximum absolute atomic E-state index is 11.7. The Labute approximate surface area is 249 Å². The first-order chi connectivity index (χ1) is 20.3. The molecule has 0 aromatic heterocycles. The van der Waals surface area contributed by atoms with Crippen LogP contribution >= 0.6 is 0 Å². The zero-order valence-electron chi connectivity index (χ0n) is 24.9. The third-order valence-corrected chi connectivity index (χ3v) is 6.57. The zero-order chi connectivity index (χ0) is 30.2. The summed E-state index contributed by atoms with van der Waals surface area (Å²) in [6.45, 7) is 4.88. The van der Waals surface area contributed by atoms with Crippen LogP contribution in [0.5, 0.6) is 11.5 Å². The predicted molar refractivity (Wildman–Crippen MR) is 164 cm³/mol. The minimum atomic E-state index is -0.527. The molecule has 4 aromatic rings. The quantitative estimate of drug-likeness (QED) is 0.166. The van der Waals surface area contributed by atoms with E-state index in [-0.39, 0.29) is 11.9 Å². The standard InChI is InChI=1S/C19H22O3.C17H18O3/c1-19(2,18(20)21-3)13-15-9-11-17(12-10-15)22-14-16-7-5-4-6-8-16;1-19-17(18)12-9-14-7-10-16(11-8-14)20-13-15-5-3-2-4-6-15/h4-12H,13-14H2,1-3H3;2-8,10-11H,9,12-13H2,1H3. The largest absolute Gasteiger partial charge is 0.489 e. The number of aryl methyl sites for hydroxylation is 1. The van der Waals surface area contributed by atoms with Gasteiger partial charge in [-0.15, -0.1) is 0 Å². The first kappa shape index (κ1) is 31.9. The van der Waals surface area contributed by atoms with Gasteiger partial charge in [0, 0.05) is 6.42 Å². The summed E-state index contributed by atoms with van der Waals surface area (Å²) in [6.07, 6.45) is 1.73. The monoisotopic (exact) mass is 568 g/mol. The van der Waals surface area contributed by atoms with Crippen LogP contribution in [0.1, 0.15) is 42.5 Å². The van der Waals surface area contributed by atoms with Crippen molar-refractivity contribution >= 4 is 11.9 Å². The van der Waals surface area contributed by atoms with Gasteiger partial charge in [-0.1, -0.05) is 84.9 Å². The number of carbonyl (C=O) groups excluding carboxylic acids is 2. The van der Waals surface area contributed by atoms with E-state index in [1.54, 1.807) is 0 Å². The highest BCUT2D eigenvalue weighted by atomic mass is 16.5. The molecule has 0 radical (unpaired) electrons. The fourth-order valence-electron chi connectivity index (χ4n) is 4.14. The Bertz CT molecular complexity index is 1350. The topological polar surface area (TPSA) is 71.1 Å². The molecule has 6 heteroatoms. The van der Waals surface area contributed by atoms with Gasteiger partial charge < -0.3 is 18.9 Å². The van der Waals surface area contributed by atoms with Crippen molar-refractivity contribution in [3.63, 3.8) is 0 Å². The lowest BCUT2D eigenvalue weighted by Crippen LogP contribution is -2.27. The molecule has 0 heterocycles. The molecular weight excluding hydrogens is 528 g/mol. The Morgan fingerprint density at radius 2 is 1.02 bits per heavy atom. The maximum Gasteiger partial charge on any atom is 0.311 e. The van der Waals surface area contributed by atoms with E-state index < -0.39 is 5.41 Å². The van der Waals surface area contributed by atoms with Crippen LogP contribution in [-0.4, -0.2) is 26.2 Å². The minimum absolute atomic E-state index is 0.186. The van der Waals surface area contributed by atoms with Gasteiger partial charge in [0.1, 0.15) is 24.7 Å². The third kappa shape index (κ3) is 11.1. The van der Waals surface area contributed by atoms with E-state index in [4.69, 9.17) is 14.2 Å². The average molecular weight is 569 g/mol. The van der Waals surface area contributed by atoms with E-state index in [2.05, 4.69) is 4.74 Å². The van der Waals surface area contributed by atoms with Crippen molar-refractivity contribution in [3.05, 3.63) is 131 Å². The second-order valence-corrected chi connectivity index (χ2v) is 10.5. The molecule has 0 atom stereocenters. The lowest BCUT2D eigenvalue weighted by molar-refractivity contribution is -0.150. The van der Waals surface area contributed by atoms with E-state index in [9.17, 15) is 9.59 Å². The van der Waals surface area contributed by atoms with Crippen LogP contribution in [0, 0.1) is 5.41 Å². The van der Waals surface area contributed by atoms with Gasteiger partial charge in [0.2, 0.25) is 0 Å². The summed E-state index contributed by atoms with van der Waals surface area (Å²) in [5.74, 6) is 1.27. The number of hydrogen-bond donors (Lipinski definition) is 0. The second-order valence-electron chi connectivity index (χ2n) is 10.5. The van der Waals surface area contributed by atoms with Gasteiger partial charge in [-0.2, -0.15) is 0 Å². The number of rotatable bonds is 12. The van der Waals surface area contributed by atoms with Gasteiger partial charge in [-0.25, -0.2) is 0 Å². The molecule has 0 unspecified atom stereocenters. The molecule has 0 N–H and O–H groups in total. The molecule has 6 nitrogen and oxygen atoms in total. The third-order valence-electron chi connectivity index (χ3n) is 6.57.